The topological polar surface area (TPSA) is 17.0 Å². The van der Waals surface area contributed by atoms with E-state index >= 15 is 0 Å². The molecule has 4 heteroatoms. The summed E-state index contributed by atoms with van der Waals surface area (Å²) < 4.78 is 6.77. The molecule has 0 radical (unpaired) electrons. The van der Waals surface area contributed by atoms with Crippen molar-refractivity contribution < 1.29 is 16.8 Å². The van der Waals surface area contributed by atoms with E-state index in [1.165, 1.54) is 16.8 Å². The summed E-state index contributed by atoms with van der Waals surface area (Å²) in [4.78, 5) is 0. The van der Waals surface area contributed by atoms with E-state index in [4.69, 9.17) is 0 Å². The summed E-state index contributed by atoms with van der Waals surface area (Å²) in [7, 11) is 0. The first-order valence-corrected chi connectivity index (χ1v) is 14.0. The fourth-order valence-electron chi connectivity index (χ4n) is 3.70. The summed E-state index contributed by atoms with van der Waals surface area (Å²) in [5, 5.41) is 4.98. The third-order valence-corrected chi connectivity index (χ3v) is 9.77. The Balaban J connectivity index is 0.000000666. The van der Waals surface area contributed by atoms with E-state index in [9.17, 15) is 0 Å². The molecule has 0 aliphatic heterocycles. The maximum Gasteiger partial charge on any atom is -0.0149 e. The largest absolute Gasteiger partial charge is 0.0149 e. The number of hydrogen-bond acceptors (Lipinski definition) is 1. The van der Waals surface area contributed by atoms with Crippen LogP contribution in [-0.2, 0) is 16.8 Å². The van der Waals surface area contributed by atoms with E-state index in [0.717, 1.165) is 0 Å². The van der Waals surface area contributed by atoms with Gasteiger partial charge in [-0.25, -0.2) is 0 Å². The minimum atomic E-state index is -2.23. The quantitative estimate of drug-likeness (QED) is 0.555. The van der Waals surface area contributed by atoms with Crippen molar-refractivity contribution in [2.45, 2.75) is 41.0 Å². The fraction of sp³-hybridized carbons (Fsp3) is 0.304. The van der Waals surface area contributed by atoms with Gasteiger partial charge in [0.05, 0.1) is 0 Å². The van der Waals surface area contributed by atoms with Crippen molar-refractivity contribution in [1.29, 1.82) is 0 Å². The first kappa shape index (κ1) is 23.7. The van der Waals surface area contributed by atoms with Crippen molar-refractivity contribution in [3.05, 3.63) is 91.3 Å². The molecular formula is C23H36N2SiTi. The second kappa shape index (κ2) is 9.70. The average Bonchev–Trinajstić information content (AvgIpc) is 3.20. The van der Waals surface area contributed by atoms with Crippen molar-refractivity contribution in [2.24, 2.45) is 0 Å². The molecule has 1 heterocycles. The molecule has 2 nitrogen and oxygen atoms in total. The fourth-order valence-corrected chi connectivity index (χ4v) is 9.47. The number of fused-ring (bicyclic) bond motifs is 1. The Bertz CT molecular complexity index is 777. The Morgan fingerprint density at radius 1 is 1.00 bits per heavy atom. The van der Waals surface area contributed by atoms with Crippen molar-refractivity contribution >= 4 is 16.7 Å². The molecule has 0 saturated carbocycles. The Labute approximate surface area is 173 Å². The molecule has 1 atom stereocenters. The zero-order chi connectivity index (χ0) is 19.4. The average molecular weight is 417 g/mol. The van der Waals surface area contributed by atoms with Gasteiger partial charge in [-0.3, -0.25) is 0 Å². The number of hydrogen-bond donors (Lipinski definition) is 1. The van der Waals surface area contributed by atoms with Gasteiger partial charge in [-0.2, -0.15) is 0 Å². The number of nitrogens with zero attached hydrogens (tertiary/aromatic N) is 1. The molecule has 3 rings (SSSR count). The summed E-state index contributed by atoms with van der Waals surface area (Å²) in [5.74, 6) is 0. The molecular weight excluding hydrogens is 380 g/mol. The van der Waals surface area contributed by atoms with Crippen LogP contribution in [0.15, 0.2) is 80.2 Å². The number of nitrogens with one attached hydrogen (secondary N) is 1. The van der Waals surface area contributed by atoms with Crippen LogP contribution >= 0.6 is 0 Å². The van der Waals surface area contributed by atoms with Crippen LogP contribution in [0.2, 0.25) is 10.5 Å². The maximum absolute atomic E-state index is 3.98. The summed E-state index contributed by atoms with van der Waals surface area (Å²) >= 11 is -2.23. The van der Waals surface area contributed by atoms with E-state index in [2.05, 4.69) is 108 Å². The van der Waals surface area contributed by atoms with Gasteiger partial charge in [-0.05, 0) is 11.0 Å². The molecule has 0 fully saturated rings. The van der Waals surface area contributed by atoms with Crippen LogP contribution < -0.4 is 3.80 Å². The van der Waals surface area contributed by atoms with Gasteiger partial charge >= 0.3 is 138 Å². The van der Waals surface area contributed by atoms with Crippen LogP contribution in [0.3, 0.4) is 0 Å². The standard InChI is InChI=1S/C13H10N.C4H10N.C4H6.2CH3.H4Si.Ti/c1-2-6-12-11(5-1)7-8-13(12)14-9-3-4-10-14;1-4(2,3)5;1-3-4-2;;;;/h1-10H;5H,1-3H3;3-4H,1-2H2;2*1H3;1H4;/q;-1;;;;;+1. The Kier molecular flexibility index (Phi) is 8.50. The SMILES string of the molecule is C=CC=C.CC(C)(C)[NH][Ti]([CH3])([CH3])[CH]1C=C(n2cccc2)c2ccccc21.[SiH4]. The smallest absolute Gasteiger partial charge is 0.0149 e. The molecule has 0 bridgehead atoms. The van der Waals surface area contributed by atoms with Crippen molar-refractivity contribution in [1.82, 2.24) is 8.37 Å². The summed E-state index contributed by atoms with van der Waals surface area (Å²) in [6, 6.07) is 13.1. The summed E-state index contributed by atoms with van der Waals surface area (Å²) in [6.07, 6.45) is 10.0. The van der Waals surface area contributed by atoms with E-state index in [1.54, 1.807) is 12.2 Å². The zero-order valence-electron chi connectivity index (χ0n) is 16.8. The maximum atomic E-state index is 3.98. The number of aromatic nitrogens is 1. The van der Waals surface area contributed by atoms with Crippen LogP contribution in [-0.4, -0.2) is 21.1 Å². The third-order valence-electron chi connectivity index (χ3n) is 4.42. The molecule has 1 aliphatic carbocycles. The van der Waals surface area contributed by atoms with Crippen LogP contribution in [0, 0.1) is 0 Å². The Hall–Kier alpha value is -1.39. The minimum absolute atomic E-state index is 0. The number of benzene rings is 1. The second-order valence-corrected chi connectivity index (χ2v) is 15.0. The summed E-state index contributed by atoms with van der Waals surface area (Å²) in [5.41, 5.74) is 4.38. The van der Waals surface area contributed by atoms with Crippen molar-refractivity contribution in [2.75, 3.05) is 0 Å². The van der Waals surface area contributed by atoms with E-state index in [-0.39, 0.29) is 16.5 Å². The molecule has 27 heavy (non-hydrogen) atoms. The van der Waals surface area contributed by atoms with Crippen molar-refractivity contribution in [3.63, 3.8) is 0 Å². The third kappa shape index (κ3) is 6.05. The van der Waals surface area contributed by atoms with Crippen LogP contribution in [0.4, 0.5) is 0 Å². The molecule has 1 N–H and O–H groups in total. The number of rotatable bonds is 4. The van der Waals surface area contributed by atoms with Crippen LogP contribution in [0.25, 0.3) is 5.70 Å². The second-order valence-electron chi connectivity index (χ2n) is 8.28. The molecule has 146 valence electrons. The van der Waals surface area contributed by atoms with E-state index in [0.29, 0.717) is 4.22 Å². The monoisotopic (exact) mass is 416 g/mol. The molecule has 1 aromatic heterocycles. The molecule has 0 spiro atoms. The van der Waals surface area contributed by atoms with Gasteiger partial charge in [0, 0.05) is 0 Å². The van der Waals surface area contributed by atoms with Crippen LogP contribution in [0.5, 0.6) is 0 Å². The first-order chi connectivity index (χ1) is 12.2. The molecule has 1 aliphatic rings. The van der Waals surface area contributed by atoms with E-state index in [1.807, 2.05) is 0 Å². The summed E-state index contributed by atoms with van der Waals surface area (Å²) in [6.45, 7) is 13.5. The van der Waals surface area contributed by atoms with Crippen molar-refractivity contribution in [3.8, 4) is 0 Å². The zero-order valence-corrected chi connectivity index (χ0v) is 18.4. The molecule has 1 aromatic carbocycles. The molecule has 0 amide bonds. The van der Waals surface area contributed by atoms with Gasteiger partial charge < -0.3 is 0 Å². The normalized spacial score (nSPS) is 15.6. The molecule has 0 saturated heterocycles. The van der Waals surface area contributed by atoms with Gasteiger partial charge in [0.25, 0.3) is 0 Å². The Morgan fingerprint density at radius 3 is 2.07 bits per heavy atom. The predicted octanol–water partition coefficient (Wildman–Crippen LogP) is 4.89. The van der Waals surface area contributed by atoms with E-state index < -0.39 is 16.8 Å². The van der Waals surface area contributed by atoms with Gasteiger partial charge in [0.1, 0.15) is 0 Å². The number of allylic oxidation sites excluding steroid dienone is 3. The minimum Gasteiger partial charge on any atom is -0.0149 e. The van der Waals surface area contributed by atoms with Gasteiger partial charge in [-0.1, -0.05) is 25.3 Å². The first-order valence-electron chi connectivity index (χ1n) is 9.17. The van der Waals surface area contributed by atoms with Gasteiger partial charge in [0.15, 0.2) is 0 Å². The Morgan fingerprint density at radius 2 is 1.56 bits per heavy atom. The molecule has 2 aromatic rings. The molecule has 1 unspecified atom stereocenters. The van der Waals surface area contributed by atoms with Gasteiger partial charge in [0.2, 0.25) is 0 Å². The van der Waals surface area contributed by atoms with Gasteiger partial charge in [-0.15, -0.1) is 0 Å². The van der Waals surface area contributed by atoms with Crippen LogP contribution in [0.1, 0.15) is 36.1 Å². The predicted molar refractivity (Wildman–Crippen MR) is 123 cm³/mol.